The van der Waals surface area contributed by atoms with E-state index in [1.54, 1.807) is 23.0 Å². The molecule has 1 aliphatic carbocycles. The number of rotatable bonds is 4. The van der Waals surface area contributed by atoms with Gasteiger partial charge in [0.15, 0.2) is 11.5 Å². The van der Waals surface area contributed by atoms with E-state index in [9.17, 15) is 9.59 Å². The molecule has 2 unspecified atom stereocenters. The first-order valence-electron chi connectivity index (χ1n) is 14.5. The second-order valence-corrected chi connectivity index (χ2v) is 11.5. The molecule has 0 bridgehead atoms. The summed E-state index contributed by atoms with van der Waals surface area (Å²) in [5, 5.41) is 8.58. The first-order valence-corrected chi connectivity index (χ1v) is 14.5. The number of nitrogen functional groups attached to an aromatic ring is 1. The van der Waals surface area contributed by atoms with Crippen LogP contribution in [0.4, 0.5) is 5.82 Å². The van der Waals surface area contributed by atoms with Crippen molar-refractivity contribution < 1.29 is 4.79 Å². The molecule has 3 atom stereocenters. The normalized spacial score (nSPS) is 19.3. The van der Waals surface area contributed by atoms with Gasteiger partial charge in [0.05, 0.1) is 11.4 Å². The summed E-state index contributed by atoms with van der Waals surface area (Å²) in [7, 11) is 0. The molecular weight excluding hydrogens is 524 g/mol. The molecule has 0 radical (unpaired) electrons. The van der Waals surface area contributed by atoms with E-state index < -0.39 is 11.9 Å². The molecule has 1 aliphatic rings. The van der Waals surface area contributed by atoms with Gasteiger partial charge < -0.3 is 11.1 Å². The fourth-order valence-corrected chi connectivity index (χ4v) is 6.36. The molecule has 1 amide bonds. The minimum atomic E-state index is -0.548. The first-order chi connectivity index (χ1) is 20.3. The molecule has 6 rings (SSSR count). The molecular formula is C34H34N6O2. The van der Waals surface area contributed by atoms with Gasteiger partial charge in [0.1, 0.15) is 5.56 Å². The highest BCUT2D eigenvalue weighted by Gasteiger charge is 2.25. The summed E-state index contributed by atoms with van der Waals surface area (Å²) in [6, 6.07) is 18.4. The minimum absolute atomic E-state index is 0.0855. The van der Waals surface area contributed by atoms with Gasteiger partial charge >= 0.3 is 0 Å². The lowest BCUT2D eigenvalue weighted by atomic mass is 9.77. The predicted molar refractivity (Wildman–Crippen MR) is 165 cm³/mol. The lowest BCUT2D eigenvalue weighted by Gasteiger charge is -2.28. The Balaban J connectivity index is 1.43. The van der Waals surface area contributed by atoms with Gasteiger partial charge in [-0.05, 0) is 73.7 Å². The van der Waals surface area contributed by atoms with Crippen LogP contribution in [0.1, 0.15) is 67.7 Å². The van der Waals surface area contributed by atoms with Gasteiger partial charge in [0, 0.05) is 35.3 Å². The van der Waals surface area contributed by atoms with Crippen molar-refractivity contribution >= 4 is 28.1 Å². The number of benzene rings is 2. The molecule has 2 aromatic carbocycles. The number of carbonyl (C=O) groups excluding carboxylic acids is 1. The highest BCUT2D eigenvalue weighted by atomic mass is 16.2. The summed E-state index contributed by atoms with van der Waals surface area (Å²) in [5.41, 5.74) is 8.54. The Kier molecular flexibility index (Phi) is 7.26. The maximum Gasteiger partial charge on any atom is 0.264 e. The quantitative estimate of drug-likeness (QED) is 0.282. The van der Waals surface area contributed by atoms with Gasteiger partial charge in [-0.3, -0.25) is 14.2 Å². The van der Waals surface area contributed by atoms with Gasteiger partial charge in [-0.15, -0.1) is 5.10 Å². The monoisotopic (exact) mass is 558 g/mol. The van der Waals surface area contributed by atoms with Gasteiger partial charge in [0.2, 0.25) is 0 Å². The number of amides is 1. The number of aromatic nitrogens is 4. The number of nitrogens with two attached hydrogens (primary N) is 1. The average Bonchev–Trinajstić information content (AvgIpc) is 3.31. The Morgan fingerprint density at radius 2 is 1.81 bits per heavy atom. The van der Waals surface area contributed by atoms with E-state index in [4.69, 9.17) is 5.73 Å². The van der Waals surface area contributed by atoms with Gasteiger partial charge in [-0.1, -0.05) is 56.0 Å². The molecule has 3 aromatic heterocycles. The van der Waals surface area contributed by atoms with E-state index in [-0.39, 0.29) is 16.9 Å². The second-order valence-electron chi connectivity index (χ2n) is 11.5. The zero-order valence-electron chi connectivity index (χ0n) is 24.0. The zero-order chi connectivity index (χ0) is 29.4. The molecule has 8 heteroatoms. The molecule has 0 saturated heterocycles. The van der Waals surface area contributed by atoms with Crippen molar-refractivity contribution in [3.63, 3.8) is 0 Å². The third-order valence-electron chi connectivity index (χ3n) is 8.12. The largest absolute Gasteiger partial charge is 0.381 e. The van der Waals surface area contributed by atoms with Gasteiger partial charge in [0.25, 0.3) is 11.5 Å². The number of carbonyl (C=O) groups is 1. The van der Waals surface area contributed by atoms with Crippen molar-refractivity contribution in [1.82, 2.24) is 24.5 Å². The molecule has 0 aliphatic heterocycles. The molecule has 1 fully saturated rings. The van der Waals surface area contributed by atoms with E-state index in [0.29, 0.717) is 40.2 Å². The third-order valence-corrected chi connectivity index (χ3v) is 8.12. The van der Waals surface area contributed by atoms with Crippen LogP contribution in [-0.4, -0.2) is 25.1 Å². The highest BCUT2D eigenvalue weighted by Crippen LogP contribution is 2.32. The molecule has 0 spiro atoms. The summed E-state index contributed by atoms with van der Waals surface area (Å²) in [4.78, 5) is 32.1. The molecule has 3 heterocycles. The van der Waals surface area contributed by atoms with Crippen LogP contribution in [0.2, 0.25) is 0 Å². The molecule has 212 valence electrons. The fraction of sp³-hybridized carbons (Fsp3) is 0.294. The van der Waals surface area contributed by atoms with Crippen molar-refractivity contribution in [3.8, 4) is 17.5 Å². The van der Waals surface area contributed by atoms with Crippen LogP contribution in [-0.2, 0) is 0 Å². The maximum absolute atomic E-state index is 14.3. The number of nitrogens with one attached hydrogen (secondary N) is 1. The number of hydrogen-bond donors (Lipinski definition) is 2. The summed E-state index contributed by atoms with van der Waals surface area (Å²) < 4.78 is 3.14. The number of nitrogens with zero attached hydrogens (tertiary/aromatic N) is 4. The predicted octanol–water partition coefficient (Wildman–Crippen LogP) is 5.53. The van der Waals surface area contributed by atoms with Gasteiger partial charge in [-0.25, -0.2) is 9.50 Å². The molecule has 3 N–H and O–H groups in total. The van der Waals surface area contributed by atoms with Crippen LogP contribution in [0, 0.1) is 29.6 Å². The van der Waals surface area contributed by atoms with Crippen LogP contribution in [0.25, 0.3) is 22.1 Å². The smallest absolute Gasteiger partial charge is 0.264 e. The van der Waals surface area contributed by atoms with Crippen LogP contribution < -0.4 is 16.6 Å². The standard InChI is InChI=1S/C34H34N6O2/c1-21-17-22(2)19-24(18-21)13-14-25-9-7-10-26-20-28(40(34(42)29(25)26)27-11-5-4-6-12-27)23(3)37-33(41)30-31(35)38-39-16-8-15-36-32(30)39/h4-12,15-16,20-24H,17-19H2,1-3H3,(H2,35,38)(H,37,41)/t21?,22?,23-,24?/m0/s1. The number of anilines is 1. The van der Waals surface area contributed by atoms with Crippen LogP contribution in [0.15, 0.2) is 77.9 Å². The Morgan fingerprint density at radius 1 is 1.05 bits per heavy atom. The van der Waals surface area contributed by atoms with Crippen LogP contribution >= 0.6 is 0 Å². The van der Waals surface area contributed by atoms with Crippen molar-refractivity contribution in [2.24, 2.45) is 17.8 Å². The molecule has 8 nitrogen and oxygen atoms in total. The summed E-state index contributed by atoms with van der Waals surface area (Å²) >= 11 is 0. The van der Waals surface area contributed by atoms with Crippen molar-refractivity contribution in [2.75, 3.05) is 5.73 Å². The first kappa shape index (κ1) is 27.3. The number of hydrogen-bond acceptors (Lipinski definition) is 5. The SMILES string of the molecule is CC1CC(C)CC(C#Cc2cccc3cc([C@H](C)NC(=O)c4c(N)nn5cccnc45)n(-c4ccccc4)c(=O)c23)C1. The van der Waals surface area contributed by atoms with Crippen molar-refractivity contribution in [1.29, 1.82) is 0 Å². The lowest BCUT2D eigenvalue weighted by molar-refractivity contribution is 0.0941. The van der Waals surface area contributed by atoms with E-state index in [0.717, 1.165) is 23.8 Å². The Bertz CT molecular complexity index is 1900. The van der Waals surface area contributed by atoms with Crippen molar-refractivity contribution in [2.45, 2.75) is 46.1 Å². The Hall–Kier alpha value is -4.90. The summed E-state index contributed by atoms with van der Waals surface area (Å²) in [6.45, 7) is 6.44. The number of pyridine rings is 1. The third kappa shape index (κ3) is 5.14. The topological polar surface area (TPSA) is 107 Å². The molecule has 42 heavy (non-hydrogen) atoms. The Morgan fingerprint density at radius 3 is 2.57 bits per heavy atom. The highest BCUT2D eigenvalue weighted by molar-refractivity contribution is 6.04. The number of fused-ring (bicyclic) bond motifs is 2. The molecule has 5 aromatic rings. The van der Waals surface area contributed by atoms with E-state index >= 15 is 0 Å². The zero-order valence-corrected chi connectivity index (χ0v) is 24.0. The van der Waals surface area contributed by atoms with E-state index in [2.05, 4.69) is 41.1 Å². The van der Waals surface area contributed by atoms with Crippen LogP contribution in [0.5, 0.6) is 0 Å². The Labute approximate surface area is 244 Å². The number of para-hydroxylation sites is 1. The summed E-state index contributed by atoms with van der Waals surface area (Å²) in [5.74, 6) is 8.17. The lowest BCUT2D eigenvalue weighted by Crippen LogP contribution is -2.32. The van der Waals surface area contributed by atoms with Crippen LogP contribution in [0.3, 0.4) is 0 Å². The molecule has 1 saturated carbocycles. The summed E-state index contributed by atoms with van der Waals surface area (Å²) in [6.07, 6.45) is 6.69. The van der Waals surface area contributed by atoms with Crippen molar-refractivity contribution in [3.05, 3.63) is 100 Å². The average molecular weight is 559 g/mol. The second kappa shape index (κ2) is 11.2. The fourth-order valence-electron chi connectivity index (χ4n) is 6.36. The maximum atomic E-state index is 14.3. The van der Waals surface area contributed by atoms with Gasteiger partial charge in [-0.2, -0.15) is 0 Å². The van der Waals surface area contributed by atoms with E-state index in [1.165, 1.54) is 10.9 Å². The minimum Gasteiger partial charge on any atom is -0.381 e. The van der Waals surface area contributed by atoms with E-state index in [1.807, 2.05) is 61.5 Å².